The molecule has 2 rings (SSSR count). The number of piperidine rings is 1. The molecule has 2 heterocycles. The summed E-state index contributed by atoms with van der Waals surface area (Å²) in [6.07, 6.45) is 4.50. The van der Waals surface area contributed by atoms with Crippen LogP contribution in [0.3, 0.4) is 0 Å². The molecule has 1 aromatic rings. The molecule has 1 aromatic heterocycles. The average Bonchev–Trinajstić information content (AvgIpc) is 2.38. The van der Waals surface area contributed by atoms with E-state index in [1.165, 1.54) is 18.4 Å². The Balaban J connectivity index is 2.00. The van der Waals surface area contributed by atoms with Gasteiger partial charge in [0, 0.05) is 25.3 Å². The van der Waals surface area contributed by atoms with Crippen LogP contribution in [0, 0.1) is 0 Å². The SMILES string of the molecule is CN(C)C1CCN(c2ccc(C(C)(C)C)cn2)CC1. The second-order valence-corrected chi connectivity index (χ2v) is 6.84. The normalized spacial score (nSPS) is 18.1. The standard InChI is InChI=1S/C16H27N3/c1-16(2,3)13-6-7-15(17-12-13)19-10-8-14(9-11-19)18(4)5/h6-7,12,14H,8-11H2,1-5H3. The Morgan fingerprint density at radius 3 is 2.21 bits per heavy atom. The van der Waals surface area contributed by atoms with Gasteiger partial charge in [-0.1, -0.05) is 26.8 Å². The van der Waals surface area contributed by atoms with Crippen LogP contribution < -0.4 is 4.90 Å². The molecule has 1 aliphatic heterocycles. The molecule has 106 valence electrons. The Morgan fingerprint density at radius 2 is 1.79 bits per heavy atom. The Hall–Kier alpha value is -1.09. The lowest BCUT2D eigenvalue weighted by atomic mass is 9.88. The van der Waals surface area contributed by atoms with Crippen molar-refractivity contribution < 1.29 is 0 Å². The quantitative estimate of drug-likeness (QED) is 0.816. The molecule has 1 fully saturated rings. The Bertz CT molecular complexity index is 395. The van der Waals surface area contributed by atoms with Crippen molar-refractivity contribution in [3.63, 3.8) is 0 Å². The van der Waals surface area contributed by atoms with Gasteiger partial charge in [0.2, 0.25) is 0 Å². The molecule has 19 heavy (non-hydrogen) atoms. The zero-order chi connectivity index (χ0) is 14.0. The maximum absolute atomic E-state index is 4.65. The summed E-state index contributed by atoms with van der Waals surface area (Å²) in [7, 11) is 4.35. The van der Waals surface area contributed by atoms with Gasteiger partial charge in [0.25, 0.3) is 0 Å². The number of nitrogens with zero attached hydrogens (tertiary/aromatic N) is 3. The molecular formula is C16H27N3. The molecule has 0 amide bonds. The largest absolute Gasteiger partial charge is 0.357 e. The van der Waals surface area contributed by atoms with Crippen LogP contribution in [0.4, 0.5) is 5.82 Å². The van der Waals surface area contributed by atoms with Gasteiger partial charge >= 0.3 is 0 Å². The molecule has 1 saturated heterocycles. The molecule has 0 aliphatic carbocycles. The molecule has 0 atom stereocenters. The van der Waals surface area contributed by atoms with E-state index in [2.05, 4.69) is 61.8 Å². The minimum Gasteiger partial charge on any atom is -0.357 e. The van der Waals surface area contributed by atoms with Gasteiger partial charge in [0.1, 0.15) is 5.82 Å². The molecule has 0 spiro atoms. The minimum absolute atomic E-state index is 0.184. The molecule has 0 N–H and O–H groups in total. The fourth-order valence-electron chi connectivity index (χ4n) is 2.63. The summed E-state index contributed by atoms with van der Waals surface area (Å²) in [5.74, 6) is 1.13. The van der Waals surface area contributed by atoms with Crippen LogP contribution in [0.2, 0.25) is 0 Å². The van der Waals surface area contributed by atoms with Crippen LogP contribution in [-0.4, -0.2) is 43.1 Å². The third-order valence-electron chi connectivity index (χ3n) is 4.13. The fourth-order valence-corrected chi connectivity index (χ4v) is 2.63. The molecule has 0 aromatic carbocycles. The molecular weight excluding hydrogens is 234 g/mol. The number of aromatic nitrogens is 1. The lowest BCUT2D eigenvalue weighted by Gasteiger charge is -2.36. The molecule has 0 radical (unpaired) electrons. The average molecular weight is 261 g/mol. The predicted octanol–water partition coefficient (Wildman–Crippen LogP) is 2.91. The highest BCUT2D eigenvalue weighted by Crippen LogP contribution is 2.24. The van der Waals surface area contributed by atoms with Crippen LogP contribution in [-0.2, 0) is 5.41 Å². The summed E-state index contributed by atoms with van der Waals surface area (Å²) in [6.45, 7) is 8.92. The Labute approximate surface area is 117 Å². The number of anilines is 1. The lowest BCUT2D eigenvalue weighted by molar-refractivity contribution is 0.249. The van der Waals surface area contributed by atoms with Crippen molar-refractivity contribution in [2.45, 2.75) is 45.1 Å². The maximum atomic E-state index is 4.65. The topological polar surface area (TPSA) is 19.4 Å². The Morgan fingerprint density at radius 1 is 1.16 bits per heavy atom. The van der Waals surface area contributed by atoms with Crippen molar-refractivity contribution in [3.05, 3.63) is 23.9 Å². The van der Waals surface area contributed by atoms with Crippen LogP contribution in [0.25, 0.3) is 0 Å². The van der Waals surface area contributed by atoms with Gasteiger partial charge < -0.3 is 9.80 Å². The van der Waals surface area contributed by atoms with Crippen molar-refractivity contribution in [1.29, 1.82) is 0 Å². The van der Waals surface area contributed by atoms with E-state index in [1.807, 2.05) is 6.20 Å². The van der Waals surface area contributed by atoms with E-state index in [1.54, 1.807) is 0 Å². The number of pyridine rings is 1. The van der Waals surface area contributed by atoms with Gasteiger partial charge in [-0.05, 0) is 44.0 Å². The maximum Gasteiger partial charge on any atom is 0.128 e. The van der Waals surface area contributed by atoms with E-state index >= 15 is 0 Å². The first-order valence-electron chi connectivity index (χ1n) is 7.26. The first kappa shape index (κ1) is 14.3. The third-order valence-corrected chi connectivity index (χ3v) is 4.13. The molecule has 1 aliphatic rings. The van der Waals surface area contributed by atoms with Crippen molar-refractivity contribution >= 4 is 5.82 Å². The summed E-state index contributed by atoms with van der Waals surface area (Å²) < 4.78 is 0. The fraction of sp³-hybridized carbons (Fsp3) is 0.688. The molecule has 0 bridgehead atoms. The number of rotatable bonds is 2. The zero-order valence-electron chi connectivity index (χ0n) is 13.0. The highest BCUT2D eigenvalue weighted by molar-refractivity contribution is 5.41. The molecule has 0 unspecified atom stereocenters. The minimum atomic E-state index is 0.184. The van der Waals surface area contributed by atoms with Gasteiger partial charge in [0.15, 0.2) is 0 Å². The molecule has 3 heteroatoms. The van der Waals surface area contributed by atoms with Gasteiger partial charge in [-0.3, -0.25) is 0 Å². The number of hydrogen-bond acceptors (Lipinski definition) is 3. The lowest BCUT2D eigenvalue weighted by Crippen LogP contribution is -2.42. The Kier molecular flexibility index (Phi) is 4.14. The van der Waals surface area contributed by atoms with Crippen LogP contribution >= 0.6 is 0 Å². The van der Waals surface area contributed by atoms with Crippen molar-refractivity contribution in [2.24, 2.45) is 0 Å². The van der Waals surface area contributed by atoms with Gasteiger partial charge in [-0.15, -0.1) is 0 Å². The molecule has 0 saturated carbocycles. The van der Waals surface area contributed by atoms with Crippen LogP contribution in [0.15, 0.2) is 18.3 Å². The first-order chi connectivity index (χ1) is 8.88. The van der Waals surface area contributed by atoms with E-state index in [-0.39, 0.29) is 5.41 Å². The summed E-state index contributed by atoms with van der Waals surface area (Å²) >= 11 is 0. The monoisotopic (exact) mass is 261 g/mol. The third kappa shape index (κ3) is 3.47. The predicted molar refractivity (Wildman–Crippen MR) is 81.9 cm³/mol. The van der Waals surface area contributed by atoms with Gasteiger partial charge in [0.05, 0.1) is 0 Å². The van der Waals surface area contributed by atoms with E-state index in [4.69, 9.17) is 0 Å². The highest BCUT2D eigenvalue weighted by atomic mass is 15.2. The van der Waals surface area contributed by atoms with Crippen molar-refractivity contribution in [3.8, 4) is 0 Å². The summed E-state index contributed by atoms with van der Waals surface area (Å²) in [4.78, 5) is 9.40. The van der Waals surface area contributed by atoms with Crippen molar-refractivity contribution in [1.82, 2.24) is 9.88 Å². The molecule has 3 nitrogen and oxygen atoms in total. The summed E-state index contributed by atoms with van der Waals surface area (Å²) in [6, 6.07) is 5.13. The van der Waals surface area contributed by atoms with E-state index in [0.29, 0.717) is 0 Å². The van der Waals surface area contributed by atoms with Crippen LogP contribution in [0.5, 0.6) is 0 Å². The first-order valence-corrected chi connectivity index (χ1v) is 7.26. The summed E-state index contributed by atoms with van der Waals surface area (Å²) in [5, 5.41) is 0. The second-order valence-electron chi connectivity index (χ2n) is 6.84. The van der Waals surface area contributed by atoms with Gasteiger partial charge in [-0.2, -0.15) is 0 Å². The second kappa shape index (κ2) is 5.49. The van der Waals surface area contributed by atoms with E-state index in [0.717, 1.165) is 24.9 Å². The smallest absolute Gasteiger partial charge is 0.128 e. The summed E-state index contributed by atoms with van der Waals surface area (Å²) in [5.41, 5.74) is 1.49. The van der Waals surface area contributed by atoms with E-state index in [9.17, 15) is 0 Å². The van der Waals surface area contributed by atoms with E-state index < -0.39 is 0 Å². The number of hydrogen-bond donors (Lipinski definition) is 0. The zero-order valence-corrected chi connectivity index (χ0v) is 13.0. The van der Waals surface area contributed by atoms with Gasteiger partial charge in [-0.25, -0.2) is 4.98 Å². The van der Waals surface area contributed by atoms with Crippen molar-refractivity contribution in [2.75, 3.05) is 32.1 Å². The highest BCUT2D eigenvalue weighted by Gasteiger charge is 2.22. The van der Waals surface area contributed by atoms with Crippen LogP contribution in [0.1, 0.15) is 39.2 Å².